The van der Waals surface area contributed by atoms with E-state index in [9.17, 15) is 4.39 Å². The summed E-state index contributed by atoms with van der Waals surface area (Å²) in [7, 11) is 0. The lowest BCUT2D eigenvalue weighted by Crippen LogP contribution is -1.88. The van der Waals surface area contributed by atoms with Crippen LogP contribution in [0.15, 0.2) is 60.7 Å². The number of benzene rings is 2. The normalized spacial score (nSPS) is 10.6. The van der Waals surface area contributed by atoms with Gasteiger partial charge in [-0.2, -0.15) is 4.39 Å². The van der Waals surface area contributed by atoms with E-state index >= 15 is 0 Å². The van der Waals surface area contributed by atoms with E-state index in [4.69, 9.17) is 0 Å². The third-order valence-corrected chi connectivity index (χ3v) is 2.78. The lowest BCUT2D eigenvalue weighted by Gasteiger charge is -2.05. The van der Waals surface area contributed by atoms with Crippen LogP contribution in [0, 0.1) is 5.95 Å². The van der Waals surface area contributed by atoms with Crippen LogP contribution in [0.1, 0.15) is 0 Å². The second-order valence-electron chi connectivity index (χ2n) is 3.87. The molecule has 0 atom stereocenters. The molecular formula is C15H10FN. The van der Waals surface area contributed by atoms with Crippen molar-refractivity contribution in [1.29, 1.82) is 0 Å². The molecule has 0 fully saturated rings. The topological polar surface area (TPSA) is 12.9 Å². The van der Waals surface area contributed by atoms with Crippen molar-refractivity contribution in [1.82, 2.24) is 4.98 Å². The Hall–Kier alpha value is -2.22. The fourth-order valence-corrected chi connectivity index (χ4v) is 2.01. The lowest BCUT2D eigenvalue weighted by molar-refractivity contribution is 0.585. The molecule has 3 rings (SSSR count). The molecule has 0 saturated heterocycles. The minimum atomic E-state index is -0.449. The van der Waals surface area contributed by atoms with E-state index in [0.717, 1.165) is 16.3 Å². The Balaban J connectivity index is 2.30. The van der Waals surface area contributed by atoms with Gasteiger partial charge in [0.15, 0.2) is 0 Å². The molecular weight excluding hydrogens is 213 g/mol. The molecule has 2 heteroatoms. The summed E-state index contributed by atoms with van der Waals surface area (Å²) in [6.07, 6.45) is 0. The van der Waals surface area contributed by atoms with E-state index in [1.807, 2.05) is 48.5 Å². The SMILES string of the molecule is Fc1cccc(-c2cccc3ccccc23)n1. The number of pyridine rings is 1. The smallest absolute Gasteiger partial charge is 0.213 e. The first-order valence-corrected chi connectivity index (χ1v) is 5.45. The van der Waals surface area contributed by atoms with Gasteiger partial charge in [-0.05, 0) is 22.9 Å². The molecule has 0 aliphatic rings. The van der Waals surface area contributed by atoms with Crippen molar-refractivity contribution in [2.45, 2.75) is 0 Å². The van der Waals surface area contributed by atoms with Gasteiger partial charge >= 0.3 is 0 Å². The molecule has 0 N–H and O–H groups in total. The Bertz CT molecular complexity index is 671. The first kappa shape index (κ1) is 9.97. The molecule has 0 aliphatic heterocycles. The molecule has 1 aromatic heterocycles. The number of fused-ring (bicyclic) bond motifs is 1. The second-order valence-corrected chi connectivity index (χ2v) is 3.87. The summed E-state index contributed by atoms with van der Waals surface area (Å²) in [5, 5.41) is 2.23. The minimum Gasteiger partial charge on any atom is -0.220 e. The van der Waals surface area contributed by atoms with E-state index in [1.165, 1.54) is 6.07 Å². The summed E-state index contributed by atoms with van der Waals surface area (Å²) in [5.41, 5.74) is 1.63. The van der Waals surface area contributed by atoms with Gasteiger partial charge in [-0.25, -0.2) is 4.98 Å². The van der Waals surface area contributed by atoms with Crippen LogP contribution in [-0.4, -0.2) is 4.98 Å². The molecule has 2 aromatic carbocycles. The van der Waals surface area contributed by atoms with Crippen molar-refractivity contribution in [2.75, 3.05) is 0 Å². The summed E-state index contributed by atoms with van der Waals surface area (Å²) in [4.78, 5) is 3.93. The second kappa shape index (κ2) is 3.98. The van der Waals surface area contributed by atoms with Crippen LogP contribution in [0.25, 0.3) is 22.0 Å². The standard InChI is InChI=1S/C15H10FN/c16-15-10-4-9-14(17-15)13-8-3-6-11-5-1-2-7-12(11)13/h1-10H. The highest BCUT2D eigenvalue weighted by atomic mass is 19.1. The van der Waals surface area contributed by atoms with Gasteiger partial charge in [0.05, 0.1) is 5.69 Å². The van der Waals surface area contributed by atoms with E-state index in [1.54, 1.807) is 6.07 Å². The number of aromatic nitrogens is 1. The minimum absolute atomic E-state index is 0.449. The molecule has 0 unspecified atom stereocenters. The summed E-state index contributed by atoms with van der Waals surface area (Å²) in [6, 6.07) is 18.9. The summed E-state index contributed by atoms with van der Waals surface area (Å²) in [5.74, 6) is -0.449. The first-order chi connectivity index (χ1) is 8.34. The zero-order valence-corrected chi connectivity index (χ0v) is 9.10. The Kier molecular flexibility index (Phi) is 2.33. The molecule has 82 valence electrons. The van der Waals surface area contributed by atoms with Crippen LogP contribution in [0.3, 0.4) is 0 Å². The van der Waals surface area contributed by atoms with Gasteiger partial charge in [-0.1, -0.05) is 48.5 Å². The van der Waals surface area contributed by atoms with E-state index in [2.05, 4.69) is 4.98 Å². The molecule has 17 heavy (non-hydrogen) atoms. The van der Waals surface area contributed by atoms with Crippen molar-refractivity contribution >= 4 is 10.8 Å². The number of halogens is 1. The molecule has 3 aromatic rings. The van der Waals surface area contributed by atoms with Crippen molar-refractivity contribution < 1.29 is 4.39 Å². The number of hydrogen-bond donors (Lipinski definition) is 0. The maximum absolute atomic E-state index is 13.1. The molecule has 0 spiro atoms. The Morgan fingerprint density at radius 1 is 0.765 bits per heavy atom. The highest BCUT2D eigenvalue weighted by molar-refractivity contribution is 5.95. The van der Waals surface area contributed by atoms with Crippen LogP contribution >= 0.6 is 0 Å². The largest absolute Gasteiger partial charge is 0.220 e. The van der Waals surface area contributed by atoms with Gasteiger partial charge in [-0.15, -0.1) is 0 Å². The van der Waals surface area contributed by atoms with Crippen molar-refractivity contribution in [3.05, 3.63) is 66.6 Å². The number of rotatable bonds is 1. The fourth-order valence-electron chi connectivity index (χ4n) is 2.01. The third kappa shape index (κ3) is 1.78. The zero-order valence-electron chi connectivity index (χ0n) is 9.10. The summed E-state index contributed by atoms with van der Waals surface area (Å²) in [6.45, 7) is 0. The monoisotopic (exact) mass is 223 g/mol. The Morgan fingerprint density at radius 2 is 1.53 bits per heavy atom. The van der Waals surface area contributed by atoms with Crippen LogP contribution < -0.4 is 0 Å². The lowest BCUT2D eigenvalue weighted by atomic mass is 10.0. The highest BCUT2D eigenvalue weighted by Gasteiger charge is 2.04. The van der Waals surface area contributed by atoms with Gasteiger partial charge in [0, 0.05) is 5.56 Å². The highest BCUT2D eigenvalue weighted by Crippen LogP contribution is 2.26. The van der Waals surface area contributed by atoms with Crippen LogP contribution in [0.2, 0.25) is 0 Å². The van der Waals surface area contributed by atoms with Gasteiger partial charge in [0.2, 0.25) is 5.95 Å². The van der Waals surface area contributed by atoms with Crippen molar-refractivity contribution in [3.8, 4) is 11.3 Å². The van der Waals surface area contributed by atoms with Gasteiger partial charge in [0.25, 0.3) is 0 Å². The Labute approximate surface area is 98.6 Å². The molecule has 0 aliphatic carbocycles. The van der Waals surface area contributed by atoms with Gasteiger partial charge < -0.3 is 0 Å². The average molecular weight is 223 g/mol. The molecule has 0 amide bonds. The molecule has 0 saturated carbocycles. The Morgan fingerprint density at radius 3 is 2.41 bits per heavy atom. The van der Waals surface area contributed by atoms with Gasteiger partial charge in [-0.3, -0.25) is 0 Å². The molecule has 1 heterocycles. The maximum Gasteiger partial charge on any atom is 0.213 e. The predicted molar refractivity (Wildman–Crippen MR) is 67.1 cm³/mol. The van der Waals surface area contributed by atoms with Crippen LogP contribution in [0.4, 0.5) is 4.39 Å². The number of hydrogen-bond acceptors (Lipinski definition) is 1. The third-order valence-electron chi connectivity index (χ3n) is 2.78. The molecule has 1 nitrogen and oxygen atoms in total. The summed E-state index contributed by atoms with van der Waals surface area (Å²) < 4.78 is 13.1. The number of nitrogens with zero attached hydrogens (tertiary/aromatic N) is 1. The average Bonchev–Trinajstić information content (AvgIpc) is 2.38. The van der Waals surface area contributed by atoms with E-state index < -0.39 is 5.95 Å². The van der Waals surface area contributed by atoms with E-state index in [-0.39, 0.29) is 0 Å². The van der Waals surface area contributed by atoms with Crippen molar-refractivity contribution in [3.63, 3.8) is 0 Å². The van der Waals surface area contributed by atoms with Gasteiger partial charge in [0.1, 0.15) is 0 Å². The first-order valence-electron chi connectivity index (χ1n) is 5.45. The fraction of sp³-hybridized carbons (Fsp3) is 0. The molecule has 0 radical (unpaired) electrons. The predicted octanol–water partition coefficient (Wildman–Crippen LogP) is 4.04. The van der Waals surface area contributed by atoms with Crippen molar-refractivity contribution in [2.24, 2.45) is 0 Å². The van der Waals surface area contributed by atoms with Crippen LogP contribution in [0.5, 0.6) is 0 Å². The maximum atomic E-state index is 13.1. The van der Waals surface area contributed by atoms with Crippen LogP contribution in [-0.2, 0) is 0 Å². The quantitative estimate of drug-likeness (QED) is 0.567. The molecule has 0 bridgehead atoms. The van der Waals surface area contributed by atoms with E-state index in [0.29, 0.717) is 5.69 Å². The summed E-state index contributed by atoms with van der Waals surface area (Å²) >= 11 is 0. The zero-order chi connectivity index (χ0) is 11.7.